The second kappa shape index (κ2) is 7.99. The molecule has 1 amide bonds. The summed E-state index contributed by atoms with van der Waals surface area (Å²) in [5.74, 6) is -0.839. The highest BCUT2D eigenvalue weighted by Crippen LogP contribution is 2.10. The lowest BCUT2D eigenvalue weighted by Gasteiger charge is -2.25. The minimum absolute atomic E-state index is 0.0962. The van der Waals surface area contributed by atoms with Crippen molar-refractivity contribution in [1.29, 1.82) is 0 Å². The molecule has 112 valence electrons. The number of rotatable bonds is 7. The molecule has 0 saturated heterocycles. The monoisotopic (exact) mass is 275 g/mol. The van der Waals surface area contributed by atoms with E-state index in [0.29, 0.717) is 19.3 Å². The van der Waals surface area contributed by atoms with Crippen molar-refractivity contribution in [3.63, 3.8) is 0 Å². The van der Waals surface area contributed by atoms with Crippen LogP contribution in [0.3, 0.4) is 0 Å². The molecule has 0 aliphatic carbocycles. The summed E-state index contributed by atoms with van der Waals surface area (Å²) >= 11 is 0. The van der Waals surface area contributed by atoms with Gasteiger partial charge < -0.3 is 20.3 Å². The molecule has 0 heterocycles. The van der Waals surface area contributed by atoms with Gasteiger partial charge in [0, 0.05) is 6.42 Å². The molecule has 6 heteroatoms. The fourth-order valence-electron chi connectivity index (χ4n) is 1.53. The van der Waals surface area contributed by atoms with E-state index in [9.17, 15) is 14.7 Å². The average molecular weight is 275 g/mol. The van der Waals surface area contributed by atoms with Crippen molar-refractivity contribution >= 4 is 12.1 Å². The fraction of sp³-hybridized carbons (Fsp3) is 0.846. The smallest absolute Gasteiger partial charge is 0.407 e. The van der Waals surface area contributed by atoms with Crippen molar-refractivity contribution in [3.05, 3.63) is 0 Å². The van der Waals surface area contributed by atoms with E-state index in [1.807, 2.05) is 0 Å². The number of aliphatic carboxylic acids is 1. The van der Waals surface area contributed by atoms with E-state index in [4.69, 9.17) is 9.84 Å². The molecule has 0 aliphatic rings. The van der Waals surface area contributed by atoms with Crippen LogP contribution in [0.1, 0.15) is 53.4 Å². The van der Waals surface area contributed by atoms with Gasteiger partial charge in [-0.15, -0.1) is 0 Å². The van der Waals surface area contributed by atoms with Crippen molar-refractivity contribution in [1.82, 2.24) is 5.32 Å². The summed E-state index contributed by atoms with van der Waals surface area (Å²) in [6.45, 7) is 6.86. The minimum atomic E-state index is -0.839. The summed E-state index contributed by atoms with van der Waals surface area (Å²) < 4.78 is 5.11. The van der Waals surface area contributed by atoms with Crippen molar-refractivity contribution in [3.8, 4) is 0 Å². The van der Waals surface area contributed by atoms with Gasteiger partial charge in [-0.25, -0.2) is 4.79 Å². The Balaban J connectivity index is 4.12. The number of hydrogen-bond acceptors (Lipinski definition) is 4. The Morgan fingerprint density at radius 3 is 2.26 bits per heavy atom. The molecule has 0 aliphatic heterocycles. The number of nitrogens with one attached hydrogen (secondary N) is 1. The molecule has 19 heavy (non-hydrogen) atoms. The van der Waals surface area contributed by atoms with Crippen LogP contribution in [-0.4, -0.2) is 40.0 Å². The molecule has 0 rings (SSSR count). The standard InChI is InChI=1S/C13H25NO5/c1-9(15)10(7-5-6-8-11(16)17)14-12(18)19-13(2,3)4/h9-10,15H,5-8H2,1-4H3,(H,14,18)(H,16,17). The molecule has 0 fully saturated rings. The zero-order chi connectivity index (χ0) is 15.1. The lowest BCUT2D eigenvalue weighted by atomic mass is 10.0. The van der Waals surface area contributed by atoms with Crippen LogP contribution in [0, 0.1) is 0 Å². The molecule has 0 aromatic carbocycles. The average Bonchev–Trinajstić information content (AvgIpc) is 2.19. The maximum atomic E-state index is 11.6. The Hall–Kier alpha value is -1.30. The molecule has 0 aromatic heterocycles. The summed E-state index contributed by atoms with van der Waals surface area (Å²) in [6, 6.07) is -0.427. The fourth-order valence-corrected chi connectivity index (χ4v) is 1.53. The summed E-state index contributed by atoms with van der Waals surface area (Å²) in [6.07, 6.45) is 0.476. The zero-order valence-corrected chi connectivity index (χ0v) is 12.1. The van der Waals surface area contributed by atoms with Crippen molar-refractivity contribution in [2.75, 3.05) is 0 Å². The predicted octanol–water partition coefficient (Wildman–Crippen LogP) is 1.91. The molecule has 0 saturated carbocycles. The first kappa shape index (κ1) is 17.7. The number of unbranched alkanes of at least 4 members (excludes halogenated alkanes) is 1. The maximum Gasteiger partial charge on any atom is 0.407 e. The number of carboxylic acids is 1. The topological polar surface area (TPSA) is 95.9 Å². The quantitative estimate of drug-likeness (QED) is 0.617. The molecule has 0 spiro atoms. The SMILES string of the molecule is CC(O)C(CCCCC(=O)O)NC(=O)OC(C)(C)C. The van der Waals surface area contributed by atoms with Gasteiger partial charge in [0.05, 0.1) is 12.1 Å². The van der Waals surface area contributed by atoms with Gasteiger partial charge in [0.1, 0.15) is 5.60 Å². The lowest BCUT2D eigenvalue weighted by molar-refractivity contribution is -0.137. The van der Waals surface area contributed by atoms with Gasteiger partial charge >= 0.3 is 12.1 Å². The number of alkyl carbamates (subject to hydrolysis) is 1. The Kier molecular flexibility index (Phi) is 7.44. The highest BCUT2D eigenvalue weighted by atomic mass is 16.6. The molecule has 6 nitrogen and oxygen atoms in total. The third-order valence-electron chi connectivity index (χ3n) is 2.44. The van der Waals surface area contributed by atoms with Crippen LogP contribution in [0.4, 0.5) is 4.79 Å². The molecule has 0 radical (unpaired) electrons. The second-order valence-corrected chi connectivity index (χ2v) is 5.63. The number of carbonyl (C=O) groups is 2. The van der Waals surface area contributed by atoms with Crippen molar-refractivity contribution in [2.24, 2.45) is 0 Å². The van der Waals surface area contributed by atoms with Gasteiger partial charge in [0.25, 0.3) is 0 Å². The molecular weight excluding hydrogens is 250 g/mol. The third kappa shape index (κ3) is 10.3. The first-order valence-electron chi connectivity index (χ1n) is 6.51. The van der Waals surface area contributed by atoms with Crippen molar-refractivity contribution < 1.29 is 24.5 Å². The number of aliphatic hydroxyl groups is 1. The van der Waals surface area contributed by atoms with E-state index < -0.39 is 29.8 Å². The minimum Gasteiger partial charge on any atom is -0.481 e. The Labute approximate surface area is 114 Å². The highest BCUT2D eigenvalue weighted by molar-refractivity contribution is 5.68. The van der Waals surface area contributed by atoms with Crippen LogP contribution in [0.2, 0.25) is 0 Å². The molecule has 2 unspecified atom stereocenters. The number of carbonyl (C=O) groups excluding carboxylic acids is 1. The van der Waals surface area contributed by atoms with E-state index in [1.54, 1.807) is 27.7 Å². The summed E-state index contributed by atoms with van der Waals surface area (Å²) in [7, 11) is 0. The molecule has 0 bridgehead atoms. The number of ether oxygens (including phenoxy) is 1. The highest BCUT2D eigenvalue weighted by Gasteiger charge is 2.21. The first-order valence-corrected chi connectivity index (χ1v) is 6.51. The number of hydrogen-bond donors (Lipinski definition) is 3. The van der Waals surface area contributed by atoms with Gasteiger partial charge in [-0.1, -0.05) is 6.42 Å². The van der Waals surface area contributed by atoms with Crippen LogP contribution >= 0.6 is 0 Å². The Morgan fingerprint density at radius 2 is 1.84 bits per heavy atom. The third-order valence-corrected chi connectivity index (χ3v) is 2.44. The molecular formula is C13H25NO5. The Bertz CT molecular complexity index is 296. The van der Waals surface area contributed by atoms with E-state index >= 15 is 0 Å². The summed E-state index contributed by atoms with van der Waals surface area (Å²) in [4.78, 5) is 21.9. The maximum absolute atomic E-state index is 11.6. The van der Waals surface area contributed by atoms with E-state index in [0.717, 1.165) is 0 Å². The predicted molar refractivity (Wildman–Crippen MR) is 70.9 cm³/mol. The summed E-state index contributed by atoms with van der Waals surface area (Å²) in [5, 5.41) is 20.7. The van der Waals surface area contributed by atoms with Crippen molar-refractivity contribution in [2.45, 2.75) is 71.1 Å². The van der Waals surface area contributed by atoms with E-state index in [-0.39, 0.29) is 6.42 Å². The van der Waals surface area contributed by atoms with E-state index in [2.05, 4.69) is 5.32 Å². The molecule has 2 atom stereocenters. The van der Waals surface area contributed by atoms with Gasteiger partial charge in [-0.05, 0) is 40.5 Å². The summed E-state index contributed by atoms with van der Waals surface area (Å²) in [5.41, 5.74) is -0.587. The number of amides is 1. The largest absolute Gasteiger partial charge is 0.481 e. The van der Waals surface area contributed by atoms with Crippen LogP contribution in [0.25, 0.3) is 0 Å². The zero-order valence-electron chi connectivity index (χ0n) is 12.1. The Morgan fingerprint density at radius 1 is 1.26 bits per heavy atom. The van der Waals surface area contributed by atoms with Gasteiger partial charge in [0.2, 0.25) is 0 Å². The van der Waals surface area contributed by atoms with Gasteiger partial charge in [-0.2, -0.15) is 0 Å². The van der Waals surface area contributed by atoms with Crippen LogP contribution in [0.5, 0.6) is 0 Å². The lowest BCUT2D eigenvalue weighted by Crippen LogP contribution is -2.44. The number of carboxylic acid groups (broad SMARTS) is 1. The second-order valence-electron chi connectivity index (χ2n) is 5.63. The number of aliphatic hydroxyl groups excluding tert-OH is 1. The van der Waals surface area contributed by atoms with Crippen LogP contribution in [-0.2, 0) is 9.53 Å². The van der Waals surface area contributed by atoms with Gasteiger partial charge in [-0.3, -0.25) is 4.79 Å². The first-order chi connectivity index (χ1) is 8.61. The molecule has 0 aromatic rings. The molecule has 3 N–H and O–H groups in total. The van der Waals surface area contributed by atoms with E-state index in [1.165, 1.54) is 0 Å². The normalized spacial score (nSPS) is 14.6. The van der Waals surface area contributed by atoms with Gasteiger partial charge in [0.15, 0.2) is 0 Å². The van der Waals surface area contributed by atoms with Crippen LogP contribution < -0.4 is 5.32 Å². The van der Waals surface area contributed by atoms with Crippen LogP contribution in [0.15, 0.2) is 0 Å².